The molecule has 22 heavy (non-hydrogen) atoms. The molecule has 0 atom stereocenters. The normalized spacial score (nSPS) is 11.0. The Balaban J connectivity index is 3.02. The first-order valence-corrected chi connectivity index (χ1v) is 7.86. The standard InChI is InChI=1S/C16H31NO5/c1-4-16(18)5-7-19-9-11-21-13-14-22-12-10-20-8-6-17-15(2)3/h4,15,17H,1,5-14H2,2-3H3. The fourth-order valence-corrected chi connectivity index (χ4v) is 1.46. The number of carbonyl (C=O) groups is 1. The largest absolute Gasteiger partial charge is 0.379 e. The molecule has 0 rings (SSSR count). The zero-order chi connectivity index (χ0) is 16.5. The first-order valence-electron chi connectivity index (χ1n) is 7.86. The Hall–Kier alpha value is -0.790. The van der Waals surface area contributed by atoms with Gasteiger partial charge >= 0.3 is 0 Å². The molecule has 0 fully saturated rings. The van der Waals surface area contributed by atoms with Crippen molar-refractivity contribution in [1.29, 1.82) is 0 Å². The molecule has 0 aromatic heterocycles. The molecule has 6 nitrogen and oxygen atoms in total. The summed E-state index contributed by atoms with van der Waals surface area (Å²) >= 11 is 0. The molecule has 1 N–H and O–H groups in total. The van der Waals surface area contributed by atoms with E-state index in [1.807, 2.05) is 0 Å². The molecule has 0 unspecified atom stereocenters. The predicted octanol–water partition coefficient (Wildman–Crippen LogP) is 1.20. The van der Waals surface area contributed by atoms with Gasteiger partial charge in [-0.25, -0.2) is 0 Å². The molecule has 0 saturated heterocycles. The van der Waals surface area contributed by atoms with Crippen molar-refractivity contribution in [3.8, 4) is 0 Å². The quantitative estimate of drug-likeness (QED) is 0.321. The van der Waals surface area contributed by atoms with Crippen molar-refractivity contribution >= 4 is 5.78 Å². The fraction of sp³-hybridized carbons (Fsp3) is 0.812. The highest BCUT2D eigenvalue weighted by Gasteiger charge is 1.96. The highest BCUT2D eigenvalue weighted by Crippen LogP contribution is 1.87. The highest BCUT2D eigenvalue weighted by molar-refractivity contribution is 5.89. The van der Waals surface area contributed by atoms with Gasteiger partial charge in [0.25, 0.3) is 0 Å². The lowest BCUT2D eigenvalue weighted by molar-refractivity contribution is -0.115. The van der Waals surface area contributed by atoms with Gasteiger partial charge in [0.1, 0.15) is 0 Å². The van der Waals surface area contributed by atoms with E-state index in [0.29, 0.717) is 65.3 Å². The molecule has 0 aliphatic carbocycles. The summed E-state index contributed by atoms with van der Waals surface area (Å²) in [6.45, 7) is 12.8. The lowest BCUT2D eigenvalue weighted by atomic mass is 10.3. The van der Waals surface area contributed by atoms with Crippen LogP contribution in [0.2, 0.25) is 0 Å². The Morgan fingerprint density at radius 2 is 1.36 bits per heavy atom. The van der Waals surface area contributed by atoms with Crippen LogP contribution in [0.1, 0.15) is 20.3 Å². The van der Waals surface area contributed by atoms with Gasteiger partial charge < -0.3 is 24.3 Å². The van der Waals surface area contributed by atoms with Crippen molar-refractivity contribution in [2.45, 2.75) is 26.3 Å². The molecular formula is C16H31NO5. The molecule has 0 heterocycles. The molecule has 0 aliphatic rings. The fourth-order valence-electron chi connectivity index (χ4n) is 1.46. The number of hydrogen-bond donors (Lipinski definition) is 1. The van der Waals surface area contributed by atoms with E-state index in [-0.39, 0.29) is 5.78 Å². The second-order valence-corrected chi connectivity index (χ2v) is 4.98. The minimum atomic E-state index is -0.00322. The Bertz CT molecular complexity index is 271. The third kappa shape index (κ3) is 17.3. The molecule has 130 valence electrons. The summed E-state index contributed by atoms with van der Waals surface area (Å²) in [6.07, 6.45) is 1.68. The molecule has 6 heteroatoms. The lowest BCUT2D eigenvalue weighted by Crippen LogP contribution is -2.27. The number of nitrogens with one attached hydrogen (secondary N) is 1. The monoisotopic (exact) mass is 317 g/mol. The minimum Gasteiger partial charge on any atom is -0.379 e. The second-order valence-electron chi connectivity index (χ2n) is 4.98. The van der Waals surface area contributed by atoms with E-state index in [1.165, 1.54) is 6.08 Å². The van der Waals surface area contributed by atoms with Gasteiger partial charge in [0.05, 0.1) is 52.9 Å². The summed E-state index contributed by atoms with van der Waals surface area (Å²) in [5, 5.41) is 3.27. The van der Waals surface area contributed by atoms with Crippen LogP contribution in [0.25, 0.3) is 0 Å². The average Bonchev–Trinajstić information content (AvgIpc) is 2.50. The molecule has 0 aromatic rings. The number of ketones is 1. The molecular weight excluding hydrogens is 286 g/mol. The molecule has 0 aromatic carbocycles. The van der Waals surface area contributed by atoms with E-state index < -0.39 is 0 Å². The van der Waals surface area contributed by atoms with Crippen molar-refractivity contribution in [3.63, 3.8) is 0 Å². The third-order valence-electron chi connectivity index (χ3n) is 2.64. The molecule has 0 amide bonds. The van der Waals surface area contributed by atoms with Gasteiger partial charge in [-0.2, -0.15) is 0 Å². The third-order valence-corrected chi connectivity index (χ3v) is 2.64. The Morgan fingerprint density at radius 3 is 1.82 bits per heavy atom. The zero-order valence-corrected chi connectivity index (χ0v) is 14.0. The van der Waals surface area contributed by atoms with E-state index >= 15 is 0 Å². The summed E-state index contributed by atoms with van der Waals surface area (Å²) in [4.78, 5) is 10.9. The van der Waals surface area contributed by atoms with Gasteiger partial charge in [0.15, 0.2) is 5.78 Å². The van der Waals surface area contributed by atoms with Gasteiger partial charge in [-0.1, -0.05) is 20.4 Å². The van der Waals surface area contributed by atoms with E-state index in [4.69, 9.17) is 18.9 Å². The first kappa shape index (κ1) is 21.2. The number of hydrogen-bond acceptors (Lipinski definition) is 6. The highest BCUT2D eigenvalue weighted by atomic mass is 16.6. The van der Waals surface area contributed by atoms with Crippen LogP contribution in [-0.4, -0.2) is 71.2 Å². The lowest BCUT2D eigenvalue weighted by Gasteiger charge is -2.09. The minimum absolute atomic E-state index is 0.00322. The average molecular weight is 317 g/mol. The predicted molar refractivity (Wildman–Crippen MR) is 86.2 cm³/mol. The molecule has 0 spiro atoms. The molecule has 0 radical (unpaired) electrons. The van der Waals surface area contributed by atoms with E-state index in [2.05, 4.69) is 25.7 Å². The van der Waals surface area contributed by atoms with Crippen molar-refractivity contribution in [3.05, 3.63) is 12.7 Å². The maximum absolute atomic E-state index is 10.9. The van der Waals surface area contributed by atoms with Crippen LogP contribution in [0.3, 0.4) is 0 Å². The van der Waals surface area contributed by atoms with E-state index in [0.717, 1.165) is 6.54 Å². The van der Waals surface area contributed by atoms with Gasteiger partial charge in [-0.05, 0) is 6.08 Å². The van der Waals surface area contributed by atoms with Gasteiger partial charge in [0, 0.05) is 19.0 Å². The van der Waals surface area contributed by atoms with Crippen LogP contribution in [0, 0.1) is 0 Å². The number of carbonyl (C=O) groups excluding carboxylic acids is 1. The smallest absolute Gasteiger partial charge is 0.157 e. The zero-order valence-electron chi connectivity index (χ0n) is 14.0. The van der Waals surface area contributed by atoms with Crippen LogP contribution >= 0.6 is 0 Å². The number of allylic oxidation sites excluding steroid dienone is 1. The van der Waals surface area contributed by atoms with Crippen LogP contribution in [0.5, 0.6) is 0 Å². The van der Waals surface area contributed by atoms with Crippen molar-refractivity contribution in [2.75, 3.05) is 59.4 Å². The van der Waals surface area contributed by atoms with Gasteiger partial charge in [-0.15, -0.1) is 0 Å². The second kappa shape index (κ2) is 16.6. The Morgan fingerprint density at radius 1 is 0.909 bits per heavy atom. The van der Waals surface area contributed by atoms with Crippen molar-refractivity contribution in [2.24, 2.45) is 0 Å². The van der Waals surface area contributed by atoms with Gasteiger partial charge in [0.2, 0.25) is 0 Å². The Kier molecular flexibility index (Phi) is 16.0. The summed E-state index contributed by atoms with van der Waals surface area (Å²) in [5.74, 6) is -0.00322. The van der Waals surface area contributed by atoms with Gasteiger partial charge in [-0.3, -0.25) is 4.79 Å². The van der Waals surface area contributed by atoms with Crippen molar-refractivity contribution in [1.82, 2.24) is 5.32 Å². The maximum Gasteiger partial charge on any atom is 0.157 e. The number of ether oxygens (including phenoxy) is 4. The summed E-state index contributed by atoms with van der Waals surface area (Å²) in [6, 6.07) is 0.489. The van der Waals surface area contributed by atoms with E-state index in [9.17, 15) is 4.79 Å². The Labute approximate surface area is 134 Å². The molecule has 0 saturated carbocycles. The van der Waals surface area contributed by atoms with Crippen molar-refractivity contribution < 1.29 is 23.7 Å². The molecule has 0 aliphatic heterocycles. The number of rotatable bonds is 17. The summed E-state index contributed by atoms with van der Waals surface area (Å²) in [5.41, 5.74) is 0. The van der Waals surface area contributed by atoms with Crippen LogP contribution < -0.4 is 5.32 Å². The van der Waals surface area contributed by atoms with Crippen LogP contribution in [-0.2, 0) is 23.7 Å². The summed E-state index contributed by atoms with van der Waals surface area (Å²) < 4.78 is 21.3. The maximum atomic E-state index is 10.9. The van der Waals surface area contributed by atoms with Crippen LogP contribution in [0.15, 0.2) is 12.7 Å². The van der Waals surface area contributed by atoms with E-state index in [1.54, 1.807) is 0 Å². The summed E-state index contributed by atoms with van der Waals surface area (Å²) in [7, 11) is 0. The van der Waals surface area contributed by atoms with Crippen LogP contribution in [0.4, 0.5) is 0 Å². The SMILES string of the molecule is C=CC(=O)CCOCCOCCOCCOCCNC(C)C. The first-order chi connectivity index (χ1) is 10.7. The molecule has 0 bridgehead atoms. The topological polar surface area (TPSA) is 66.0 Å².